The Bertz CT molecular complexity index is 3650. The Morgan fingerprint density at radius 1 is 0.415 bits per heavy atom. The zero-order chi connectivity index (χ0) is 34.4. The molecule has 0 atom stereocenters. The van der Waals surface area contributed by atoms with Gasteiger partial charge in [0.25, 0.3) is 0 Å². The van der Waals surface area contributed by atoms with E-state index in [2.05, 4.69) is 171 Å². The van der Waals surface area contributed by atoms with Gasteiger partial charge in [-0.05, 0) is 60.7 Å². The molecule has 5 aromatic heterocycles. The fraction of sp³-hybridized carbons (Fsp3) is 0. The van der Waals surface area contributed by atoms with Crippen LogP contribution in [0.5, 0.6) is 0 Å². The molecular weight excluding hydrogens is 667 g/mol. The molecule has 5 heterocycles. The summed E-state index contributed by atoms with van der Waals surface area (Å²) < 4.78 is 14.0. The summed E-state index contributed by atoms with van der Waals surface area (Å²) in [5.74, 6) is 0. The molecule has 0 aliphatic heterocycles. The first-order chi connectivity index (χ1) is 26.3. The minimum Gasteiger partial charge on any atom is -0.456 e. The van der Waals surface area contributed by atoms with Crippen LogP contribution in [0.3, 0.4) is 0 Å². The topological polar surface area (TPSA) is 25.2 Å². The highest BCUT2D eigenvalue weighted by atomic mass is 32.1. The fourth-order valence-electron chi connectivity index (χ4n) is 9.28. The molecule has 0 radical (unpaired) electrons. The summed E-state index contributed by atoms with van der Waals surface area (Å²) in [4.78, 5) is 2.47. The smallest absolute Gasteiger partial charge is 0.137 e. The quantitative estimate of drug-likeness (QED) is 0.172. The molecule has 0 unspecified atom stereocenters. The van der Waals surface area contributed by atoms with Crippen molar-refractivity contribution in [1.82, 2.24) is 8.80 Å². The summed E-state index contributed by atoms with van der Waals surface area (Å²) in [5, 5.41) is 9.86. The van der Waals surface area contributed by atoms with Crippen LogP contribution in [0.2, 0.25) is 0 Å². The van der Waals surface area contributed by atoms with Crippen molar-refractivity contribution in [3.63, 3.8) is 0 Å². The fourth-order valence-corrected chi connectivity index (χ4v) is 10.5. The Hall–Kier alpha value is -6.82. The van der Waals surface area contributed by atoms with Gasteiger partial charge in [-0.1, -0.05) is 103 Å². The molecule has 0 aliphatic carbocycles. The van der Waals surface area contributed by atoms with Crippen LogP contribution in [0.15, 0.2) is 168 Å². The van der Waals surface area contributed by atoms with Crippen molar-refractivity contribution >= 4 is 125 Å². The van der Waals surface area contributed by atoms with Crippen molar-refractivity contribution in [3.05, 3.63) is 164 Å². The second kappa shape index (κ2) is 9.94. The van der Waals surface area contributed by atoms with Gasteiger partial charge in [-0.2, -0.15) is 0 Å². The van der Waals surface area contributed by atoms with Crippen molar-refractivity contribution in [2.45, 2.75) is 0 Å². The largest absolute Gasteiger partial charge is 0.456 e. The van der Waals surface area contributed by atoms with Crippen molar-refractivity contribution in [1.29, 1.82) is 0 Å². The first kappa shape index (κ1) is 27.8. The van der Waals surface area contributed by atoms with Crippen LogP contribution in [0.25, 0.3) is 96.8 Å². The molecule has 0 saturated carbocycles. The molecule has 8 aromatic carbocycles. The van der Waals surface area contributed by atoms with Gasteiger partial charge in [-0.25, -0.2) is 0 Å². The van der Waals surface area contributed by atoms with Crippen LogP contribution in [-0.2, 0) is 0 Å². The monoisotopic (exact) mass is 693 g/mol. The van der Waals surface area contributed by atoms with Gasteiger partial charge in [0, 0.05) is 48.1 Å². The van der Waals surface area contributed by atoms with Gasteiger partial charge in [0.2, 0.25) is 0 Å². The average molecular weight is 694 g/mol. The zero-order valence-electron chi connectivity index (χ0n) is 28.2. The lowest BCUT2D eigenvalue weighted by Crippen LogP contribution is -2.11. The second-order valence-electron chi connectivity index (χ2n) is 14.1. The summed E-state index contributed by atoms with van der Waals surface area (Å²) >= 11 is 1.86. The molecule has 0 spiro atoms. The number of hydrogen-bond acceptors (Lipinski definition) is 3. The average Bonchev–Trinajstić information content (AvgIpc) is 3.96. The number of hydrogen-bond donors (Lipinski definition) is 0. The normalized spacial score (nSPS) is 12.5. The van der Waals surface area contributed by atoms with Crippen LogP contribution >= 0.6 is 11.3 Å². The summed E-state index contributed by atoms with van der Waals surface area (Å²) in [6, 6.07) is 59.7. The Morgan fingerprint density at radius 2 is 1.02 bits per heavy atom. The third-order valence-corrected chi connectivity index (χ3v) is 12.6. The van der Waals surface area contributed by atoms with E-state index in [9.17, 15) is 0 Å². The summed E-state index contributed by atoms with van der Waals surface area (Å²) in [7, 11) is 0. The van der Waals surface area contributed by atoms with Crippen LogP contribution in [0.1, 0.15) is 0 Å². The Balaban J connectivity index is 1.22. The molecule has 0 fully saturated rings. The third kappa shape index (κ3) is 3.50. The van der Waals surface area contributed by atoms with E-state index in [1.54, 1.807) is 0 Å². The molecule has 0 aliphatic rings. The molecule has 0 amide bonds. The first-order valence-electron chi connectivity index (χ1n) is 18.0. The zero-order valence-corrected chi connectivity index (χ0v) is 29.1. The first-order valence-corrected chi connectivity index (χ1v) is 18.8. The van der Waals surface area contributed by atoms with Crippen LogP contribution in [0.4, 0.5) is 17.1 Å². The van der Waals surface area contributed by atoms with E-state index in [-0.39, 0.29) is 0 Å². The van der Waals surface area contributed by atoms with Crippen molar-refractivity contribution in [3.8, 4) is 0 Å². The molecule has 5 heteroatoms. The Labute approximate surface area is 305 Å². The van der Waals surface area contributed by atoms with Crippen molar-refractivity contribution < 1.29 is 4.42 Å². The van der Waals surface area contributed by atoms with Gasteiger partial charge < -0.3 is 18.1 Å². The van der Waals surface area contributed by atoms with Gasteiger partial charge in [-0.3, -0.25) is 0 Å². The number of fused-ring (bicyclic) bond motifs is 15. The minimum atomic E-state index is 0.878. The van der Waals surface area contributed by atoms with E-state index in [0.29, 0.717) is 0 Å². The Morgan fingerprint density at radius 3 is 1.81 bits per heavy atom. The molecule has 246 valence electrons. The molecule has 0 N–H and O–H groups in total. The van der Waals surface area contributed by atoms with Gasteiger partial charge in [-0.15, -0.1) is 11.3 Å². The van der Waals surface area contributed by atoms with Gasteiger partial charge in [0.1, 0.15) is 11.2 Å². The lowest BCUT2D eigenvalue weighted by molar-refractivity contribution is 0.669. The molecule has 53 heavy (non-hydrogen) atoms. The third-order valence-electron chi connectivity index (χ3n) is 11.4. The molecule has 13 rings (SSSR count). The number of thiophene rings is 1. The lowest BCUT2D eigenvalue weighted by Gasteiger charge is -2.27. The van der Waals surface area contributed by atoms with Crippen molar-refractivity contribution in [2.24, 2.45) is 0 Å². The Kier molecular flexibility index (Phi) is 5.22. The summed E-state index contributed by atoms with van der Waals surface area (Å²) in [6.45, 7) is 0. The van der Waals surface area contributed by atoms with Gasteiger partial charge in [0.05, 0.1) is 54.6 Å². The van der Waals surface area contributed by atoms with E-state index in [1.807, 2.05) is 17.4 Å². The van der Waals surface area contributed by atoms with E-state index in [0.717, 1.165) is 44.5 Å². The highest BCUT2D eigenvalue weighted by Gasteiger charge is 2.25. The highest BCUT2D eigenvalue weighted by Crippen LogP contribution is 2.49. The van der Waals surface area contributed by atoms with E-state index in [1.165, 1.54) is 69.3 Å². The van der Waals surface area contributed by atoms with Gasteiger partial charge in [0.15, 0.2) is 0 Å². The summed E-state index contributed by atoms with van der Waals surface area (Å²) in [5.41, 5.74) is 12.4. The SMILES string of the molecule is c1ccc2c(c1)oc1cccc(N(c3ccc4c(c3)n3c5ccccc5c5ccc6c7ccccc7n4c6c53)c3cccc4c3sc3ccccc34)c12. The van der Waals surface area contributed by atoms with Crippen LogP contribution in [0, 0.1) is 0 Å². The maximum absolute atomic E-state index is 6.49. The predicted molar refractivity (Wildman–Crippen MR) is 224 cm³/mol. The second-order valence-corrected chi connectivity index (χ2v) is 15.1. The van der Waals surface area contributed by atoms with E-state index >= 15 is 0 Å². The minimum absolute atomic E-state index is 0.878. The maximum Gasteiger partial charge on any atom is 0.137 e. The van der Waals surface area contributed by atoms with Crippen molar-refractivity contribution in [2.75, 3.05) is 4.90 Å². The lowest BCUT2D eigenvalue weighted by atomic mass is 10.1. The number of furan rings is 1. The molecule has 0 bridgehead atoms. The molecular formula is C48H27N3OS. The van der Waals surface area contributed by atoms with E-state index in [4.69, 9.17) is 4.42 Å². The number of aromatic nitrogens is 2. The number of anilines is 3. The van der Waals surface area contributed by atoms with E-state index < -0.39 is 0 Å². The van der Waals surface area contributed by atoms with Crippen LogP contribution < -0.4 is 4.90 Å². The van der Waals surface area contributed by atoms with Gasteiger partial charge >= 0.3 is 0 Å². The summed E-state index contributed by atoms with van der Waals surface area (Å²) in [6.07, 6.45) is 0. The standard InChI is InChI=1S/C48H27N3OS/c1-5-16-36-29(11-1)32-24-25-33-30-12-2-6-17-37(30)51-41-27-28(23-26-38(41)50(36)46(32)47(33)51)49(39-18-10-21-43-45(39)35-14-3-7-20-42(35)52-43)40-19-9-15-34-31-13-4-8-22-44(31)53-48(34)40/h1-27H. The molecule has 0 saturated heterocycles. The van der Waals surface area contributed by atoms with Crippen LogP contribution in [-0.4, -0.2) is 8.80 Å². The highest BCUT2D eigenvalue weighted by molar-refractivity contribution is 7.26. The number of rotatable bonds is 3. The predicted octanol–water partition coefficient (Wildman–Crippen LogP) is 14.0. The molecule has 4 nitrogen and oxygen atoms in total. The number of nitrogens with zero attached hydrogens (tertiary/aromatic N) is 3. The number of benzene rings is 8. The number of para-hydroxylation sites is 3. The molecule has 13 aromatic rings. The maximum atomic E-state index is 6.49.